The molecule has 4 nitrogen and oxygen atoms in total. The SMILES string of the molecule is CC1(C)CN(C(=O)C2CC(F)(F)CN2)CCO1. The molecule has 1 N–H and O–H groups in total. The second-order valence-corrected chi connectivity index (χ2v) is 5.36. The van der Waals surface area contributed by atoms with Crippen LogP contribution in [0.25, 0.3) is 0 Å². The van der Waals surface area contributed by atoms with Crippen molar-refractivity contribution in [1.29, 1.82) is 0 Å². The number of nitrogens with one attached hydrogen (secondary N) is 1. The third kappa shape index (κ3) is 2.93. The number of hydrogen-bond donors (Lipinski definition) is 1. The molecule has 98 valence electrons. The third-order valence-corrected chi connectivity index (χ3v) is 3.15. The van der Waals surface area contributed by atoms with Crippen LogP contribution in [0.4, 0.5) is 8.78 Å². The van der Waals surface area contributed by atoms with Gasteiger partial charge in [0.05, 0.1) is 24.8 Å². The van der Waals surface area contributed by atoms with E-state index in [0.29, 0.717) is 19.7 Å². The number of carbonyl (C=O) groups excluding carboxylic acids is 1. The summed E-state index contributed by atoms with van der Waals surface area (Å²) < 4.78 is 31.5. The van der Waals surface area contributed by atoms with Crippen molar-refractivity contribution >= 4 is 5.91 Å². The molecule has 0 aromatic rings. The largest absolute Gasteiger partial charge is 0.372 e. The molecule has 2 saturated heterocycles. The molecule has 17 heavy (non-hydrogen) atoms. The van der Waals surface area contributed by atoms with Crippen LogP contribution < -0.4 is 5.32 Å². The summed E-state index contributed by atoms with van der Waals surface area (Å²) in [6, 6.07) is -0.751. The zero-order chi connectivity index (χ0) is 12.7. The van der Waals surface area contributed by atoms with E-state index >= 15 is 0 Å². The van der Waals surface area contributed by atoms with Gasteiger partial charge in [0.1, 0.15) is 0 Å². The van der Waals surface area contributed by atoms with Gasteiger partial charge < -0.3 is 9.64 Å². The number of carbonyl (C=O) groups is 1. The fourth-order valence-corrected chi connectivity index (χ4v) is 2.32. The third-order valence-electron chi connectivity index (χ3n) is 3.15. The molecule has 0 aromatic heterocycles. The molecule has 0 bridgehead atoms. The van der Waals surface area contributed by atoms with Gasteiger partial charge >= 0.3 is 0 Å². The molecule has 0 spiro atoms. The maximum atomic E-state index is 13.0. The van der Waals surface area contributed by atoms with E-state index < -0.39 is 30.5 Å². The van der Waals surface area contributed by atoms with Crippen LogP contribution in [0.15, 0.2) is 0 Å². The van der Waals surface area contributed by atoms with Gasteiger partial charge in [-0.05, 0) is 13.8 Å². The molecule has 1 unspecified atom stereocenters. The van der Waals surface area contributed by atoms with Crippen LogP contribution in [0.2, 0.25) is 0 Å². The van der Waals surface area contributed by atoms with Crippen molar-refractivity contribution in [3.05, 3.63) is 0 Å². The minimum Gasteiger partial charge on any atom is -0.372 e. The topological polar surface area (TPSA) is 41.6 Å². The van der Waals surface area contributed by atoms with Crippen LogP contribution in [0.1, 0.15) is 20.3 Å². The van der Waals surface area contributed by atoms with Gasteiger partial charge in [-0.15, -0.1) is 0 Å². The Hall–Kier alpha value is -0.750. The van der Waals surface area contributed by atoms with E-state index in [-0.39, 0.29) is 5.91 Å². The Morgan fingerprint density at radius 2 is 2.18 bits per heavy atom. The van der Waals surface area contributed by atoms with Gasteiger partial charge in [0, 0.05) is 19.5 Å². The number of halogens is 2. The lowest BCUT2D eigenvalue weighted by atomic mass is 10.1. The maximum absolute atomic E-state index is 13.0. The Bertz CT molecular complexity index is 321. The number of nitrogens with zero attached hydrogens (tertiary/aromatic N) is 1. The highest BCUT2D eigenvalue weighted by Gasteiger charge is 2.44. The lowest BCUT2D eigenvalue weighted by Crippen LogP contribution is -2.54. The smallest absolute Gasteiger partial charge is 0.262 e. The summed E-state index contributed by atoms with van der Waals surface area (Å²) in [5.41, 5.74) is -0.394. The molecule has 6 heteroatoms. The predicted octanol–water partition coefficient (Wildman–Crippen LogP) is 0.621. The van der Waals surface area contributed by atoms with Gasteiger partial charge in [-0.1, -0.05) is 0 Å². The standard InChI is InChI=1S/C11H18F2N2O2/c1-10(2)7-15(3-4-17-10)9(16)8-5-11(12,13)6-14-8/h8,14H,3-7H2,1-2H3. The highest BCUT2D eigenvalue weighted by Crippen LogP contribution is 2.27. The van der Waals surface area contributed by atoms with Crippen molar-refractivity contribution in [3.63, 3.8) is 0 Å². The Balaban J connectivity index is 1.96. The van der Waals surface area contributed by atoms with E-state index in [0.717, 1.165) is 0 Å². The van der Waals surface area contributed by atoms with Gasteiger partial charge in [0.15, 0.2) is 0 Å². The first-order chi connectivity index (χ1) is 7.79. The number of rotatable bonds is 1. The molecule has 0 aromatic carbocycles. The van der Waals surface area contributed by atoms with Crippen LogP contribution in [0.5, 0.6) is 0 Å². The molecule has 2 aliphatic rings. The van der Waals surface area contributed by atoms with Crippen molar-refractivity contribution in [3.8, 4) is 0 Å². The Kier molecular flexibility index (Phi) is 3.12. The zero-order valence-corrected chi connectivity index (χ0v) is 10.1. The summed E-state index contributed by atoms with van der Waals surface area (Å²) >= 11 is 0. The quantitative estimate of drug-likeness (QED) is 0.739. The van der Waals surface area contributed by atoms with Crippen molar-refractivity contribution in [1.82, 2.24) is 10.2 Å². The summed E-state index contributed by atoms with van der Waals surface area (Å²) in [6.45, 7) is 4.77. The van der Waals surface area contributed by atoms with Crippen LogP contribution in [0, 0.1) is 0 Å². The average Bonchev–Trinajstić information content (AvgIpc) is 2.56. The molecule has 2 aliphatic heterocycles. The highest BCUT2D eigenvalue weighted by atomic mass is 19.3. The first kappa shape index (κ1) is 12.7. The fourth-order valence-electron chi connectivity index (χ4n) is 2.32. The van der Waals surface area contributed by atoms with Crippen molar-refractivity contribution < 1.29 is 18.3 Å². The molecular formula is C11H18F2N2O2. The number of hydrogen-bond acceptors (Lipinski definition) is 3. The molecule has 0 radical (unpaired) electrons. The molecule has 0 saturated carbocycles. The summed E-state index contributed by atoms with van der Waals surface area (Å²) in [5, 5.41) is 2.59. The van der Waals surface area contributed by atoms with Gasteiger partial charge in [-0.3, -0.25) is 10.1 Å². The van der Waals surface area contributed by atoms with Gasteiger partial charge in [-0.2, -0.15) is 0 Å². The normalized spacial score (nSPS) is 31.5. The summed E-state index contributed by atoms with van der Waals surface area (Å²) in [4.78, 5) is 13.7. The molecule has 1 amide bonds. The van der Waals surface area contributed by atoms with Crippen molar-refractivity contribution in [2.75, 3.05) is 26.2 Å². The van der Waals surface area contributed by atoms with E-state index in [4.69, 9.17) is 4.74 Å². The van der Waals surface area contributed by atoms with Gasteiger partial charge in [-0.25, -0.2) is 8.78 Å². The molecule has 2 rings (SSSR count). The van der Waals surface area contributed by atoms with Crippen LogP contribution in [-0.2, 0) is 9.53 Å². The van der Waals surface area contributed by atoms with E-state index in [1.807, 2.05) is 13.8 Å². The Morgan fingerprint density at radius 3 is 2.71 bits per heavy atom. The first-order valence-corrected chi connectivity index (χ1v) is 5.83. The van der Waals surface area contributed by atoms with E-state index in [2.05, 4.69) is 5.32 Å². The minimum atomic E-state index is -2.76. The minimum absolute atomic E-state index is 0.237. The lowest BCUT2D eigenvalue weighted by Gasteiger charge is -2.39. The summed E-state index contributed by atoms with van der Waals surface area (Å²) in [6.07, 6.45) is -0.399. The van der Waals surface area contributed by atoms with Crippen molar-refractivity contribution in [2.24, 2.45) is 0 Å². The number of ether oxygens (including phenoxy) is 1. The second kappa shape index (κ2) is 4.17. The molecule has 0 aliphatic carbocycles. The molecule has 2 fully saturated rings. The number of alkyl halides is 2. The van der Waals surface area contributed by atoms with E-state index in [9.17, 15) is 13.6 Å². The van der Waals surface area contributed by atoms with Crippen LogP contribution >= 0.6 is 0 Å². The monoisotopic (exact) mass is 248 g/mol. The van der Waals surface area contributed by atoms with Gasteiger partial charge in [0.2, 0.25) is 5.91 Å². The lowest BCUT2D eigenvalue weighted by molar-refractivity contribution is -0.148. The first-order valence-electron chi connectivity index (χ1n) is 5.83. The molecule has 1 atom stereocenters. The Labute approximate surface area is 99.3 Å². The van der Waals surface area contributed by atoms with Crippen LogP contribution in [-0.4, -0.2) is 54.6 Å². The average molecular weight is 248 g/mol. The van der Waals surface area contributed by atoms with E-state index in [1.165, 1.54) is 0 Å². The maximum Gasteiger partial charge on any atom is 0.262 e. The number of morpholine rings is 1. The summed E-state index contributed by atoms with van der Waals surface area (Å²) in [5.74, 6) is -3.00. The molecule has 2 heterocycles. The highest BCUT2D eigenvalue weighted by molar-refractivity contribution is 5.82. The predicted molar refractivity (Wildman–Crippen MR) is 58.0 cm³/mol. The van der Waals surface area contributed by atoms with E-state index in [1.54, 1.807) is 4.90 Å². The number of amides is 1. The zero-order valence-electron chi connectivity index (χ0n) is 10.1. The Morgan fingerprint density at radius 1 is 1.47 bits per heavy atom. The fraction of sp³-hybridized carbons (Fsp3) is 0.909. The second-order valence-electron chi connectivity index (χ2n) is 5.36. The summed E-state index contributed by atoms with van der Waals surface area (Å²) in [7, 11) is 0. The van der Waals surface area contributed by atoms with Crippen LogP contribution in [0.3, 0.4) is 0 Å². The van der Waals surface area contributed by atoms with Gasteiger partial charge in [0.25, 0.3) is 5.92 Å². The molecular weight excluding hydrogens is 230 g/mol. The van der Waals surface area contributed by atoms with Crippen molar-refractivity contribution in [2.45, 2.75) is 37.8 Å².